The molecule has 0 atom stereocenters. The van der Waals surface area contributed by atoms with Crippen LogP contribution in [0.25, 0.3) is 0 Å². The number of carbonyl (C=O) groups is 1. The zero-order valence-electron chi connectivity index (χ0n) is 17.6. The molecule has 0 spiro atoms. The molecule has 0 N–H and O–H groups in total. The van der Waals surface area contributed by atoms with Crippen molar-refractivity contribution in [2.24, 2.45) is 0 Å². The molecule has 1 aromatic heterocycles. The number of carbonyl (C=O) groups excluding carboxylic acids is 1. The van der Waals surface area contributed by atoms with Crippen molar-refractivity contribution < 1.29 is 13.2 Å². The van der Waals surface area contributed by atoms with Gasteiger partial charge < -0.3 is 4.90 Å². The summed E-state index contributed by atoms with van der Waals surface area (Å²) in [5, 5.41) is 1.06. The Labute approximate surface area is 179 Å². The fourth-order valence-corrected chi connectivity index (χ4v) is 6.41. The van der Waals surface area contributed by atoms with Crippen molar-refractivity contribution >= 4 is 27.9 Å². The van der Waals surface area contributed by atoms with E-state index in [1.807, 2.05) is 0 Å². The third kappa shape index (κ3) is 5.31. The van der Waals surface area contributed by atoms with Crippen LogP contribution in [0.3, 0.4) is 0 Å². The fourth-order valence-electron chi connectivity index (χ4n) is 3.98. The van der Waals surface area contributed by atoms with Gasteiger partial charge in [0, 0.05) is 50.7 Å². The number of piperazine rings is 1. The Morgan fingerprint density at radius 3 is 2.45 bits per heavy atom. The second kappa shape index (κ2) is 9.76. The summed E-state index contributed by atoms with van der Waals surface area (Å²) in [4.78, 5) is 19.1. The topological polar surface area (TPSA) is 73.8 Å². The highest BCUT2D eigenvalue weighted by Crippen LogP contribution is 2.27. The molecule has 0 unspecified atom stereocenters. The Kier molecular flexibility index (Phi) is 7.58. The van der Waals surface area contributed by atoms with Gasteiger partial charge in [0.2, 0.25) is 0 Å². The predicted molar refractivity (Wildman–Crippen MR) is 116 cm³/mol. The Bertz CT molecular complexity index is 802. The van der Waals surface area contributed by atoms with Crippen molar-refractivity contribution in [3.8, 4) is 0 Å². The van der Waals surface area contributed by atoms with E-state index >= 15 is 0 Å². The highest BCUT2D eigenvalue weighted by Gasteiger charge is 2.35. The number of thioether (sulfide) groups is 1. The molecule has 0 aromatic carbocycles. The smallest absolute Gasteiger partial charge is 0.282 e. The van der Waals surface area contributed by atoms with Gasteiger partial charge in [0.1, 0.15) is 5.03 Å². The van der Waals surface area contributed by atoms with Crippen molar-refractivity contribution in [2.45, 2.75) is 62.3 Å². The zero-order chi connectivity index (χ0) is 21.0. The van der Waals surface area contributed by atoms with Crippen LogP contribution in [0.4, 0.5) is 0 Å². The molecule has 1 aromatic rings. The largest absolute Gasteiger partial charge is 0.336 e. The summed E-state index contributed by atoms with van der Waals surface area (Å²) in [7, 11) is -1.78. The van der Waals surface area contributed by atoms with Crippen LogP contribution in [-0.2, 0) is 10.2 Å². The molecule has 0 bridgehead atoms. The Morgan fingerprint density at radius 2 is 1.83 bits per heavy atom. The normalized spacial score (nSPS) is 19.8. The number of hydrogen-bond donors (Lipinski definition) is 0. The number of rotatable bonds is 6. The molecular weight excluding hydrogens is 408 g/mol. The first-order valence-electron chi connectivity index (χ1n) is 10.4. The first-order chi connectivity index (χ1) is 13.8. The van der Waals surface area contributed by atoms with Crippen molar-refractivity contribution in [3.63, 3.8) is 0 Å². The minimum Gasteiger partial charge on any atom is -0.336 e. The second-order valence-corrected chi connectivity index (χ2v) is 11.6. The predicted octanol–water partition coefficient (Wildman–Crippen LogP) is 2.85. The molecule has 1 saturated carbocycles. The zero-order valence-corrected chi connectivity index (χ0v) is 19.2. The van der Waals surface area contributed by atoms with Crippen molar-refractivity contribution in [1.29, 1.82) is 0 Å². The van der Waals surface area contributed by atoms with Crippen molar-refractivity contribution in [2.75, 3.05) is 33.2 Å². The molecule has 9 heteroatoms. The highest BCUT2D eigenvalue weighted by molar-refractivity contribution is 7.99. The van der Waals surface area contributed by atoms with Crippen molar-refractivity contribution in [1.82, 2.24) is 18.5 Å². The molecule has 0 radical (unpaired) electrons. The van der Waals surface area contributed by atoms with Crippen molar-refractivity contribution in [3.05, 3.63) is 23.9 Å². The molecule has 3 rings (SSSR count). The quantitative estimate of drug-likeness (QED) is 0.636. The standard InChI is InChI=1S/C20H32N4O3S2/c1-16(2)28-19-18(10-7-11-21-19)20(25)23-12-14-24(15-13-23)29(26,27)22(3)17-8-5-4-6-9-17/h7,10-11,16-17H,4-6,8-9,12-15H2,1-3H3. The molecule has 1 saturated heterocycles. The van der Waals surface area contributed by atoms with E-state index < -0.39 is 10.2 Å². The summed E-state index contributed by atoms with van der Waals surface area (Å²) < 4.78 is 29.2. The molecule has 2 fully saturated rings. The average Bonchev–Trinajstić information content (AvgIpc) is 2.73. The van der Waals surface area contributed by atoms with Gasteiger partial charge in [-0.3, -0.25) is 4.79 Å². The Balaban J connectivity index is 1.63. The number of nitrogens with zero attached hydrogens (tertiary/aromatic N) is 4. The monoisotopic (exact) mass is 440 g/mol. The molecule has 7 nitrogen and oxygen atoms in total. The lowest BCUT2D eigenvalue weighted by Crippen LogP contribution is -2.55. The highest BCUT2D eigenvalue weighted by atomic mass is 32.2. The molecule has 2 aliphatic rings. The van der Waals surface area contributed by atoms with Crippen LogP contribution in [0.5, 0.6) is 0 Å². The lowest BCUT2D eigenvalue weighted by atomic mass is 9.96. The molecule has 2 heterocycles. The van der Waals surface area contributed by atoms with Gasteiger partial charge in [-0.2, -0.15) is 17.0 Å². The van der Waals surface area contributed by atoms with Crippen LogP contribution < -0.4 is 0 Å². The van der Waals surface area contributed by atoms with Gasteiger partial charge in [-0.25, -0.2) is 4.98 Å². The minimum absolute atomic E-state index is 0.0704. The summed E-state index contributed by atoms with van der Waals surface area (Å²) in [6.07, 6.45) is 6.95. The Morgan fingerprint density at radius 1 is 1.17 bits per heavy atom. The third-order valence-electron chi connectivity index (χ3n) is 5.65. The van der Waals surface area contributed by atoms with Gasteiger partial charge >= 0.3 is 0 Å². The molecule has 1 aliphatic heterocycles. The molecule has 1 aliphatic carbocycles. The van der Waals surface area contributed by atoms with E-state index in [-0.39, 0.29) is 11.9 Å². The fraction of sp³-hybridized carbons (Fsp3) is 0.700. The van der Waals surface area contributed by atoms with Crippen LogP contribution >= 0.6 is 11.8 Å². The maximum atomic E-state index is 13.0. The number of hydrogen-bond acceptors (Lipinski definition) is 5. The lowest BCUT2D eigenvalue weighted by molar-refractivity contribution is 0.0688. The van der Waals surface area contributed by atoms with Crippen LogP contribution in [0.15, 0.2) is 23.4 Å². The summed E-state index contributed by atoms with van der Waals surface area (Å²) in [6, 6.07) is 3.68. The molecule has 29 heavy (non-hydrogen) atoms. The molecule has 162 valence electrons. The van der Waals surface area contributed by atoms with E-state index in [0.717, 1.165) is 30.7 Å². The van der Waals surface area contributed by atoms with E-state index in [1.54, 1.807) is 46.3 Å². The van der Waals surface area contributed by atoms with E-state index in [2.05, 4.69) is 18.8 Å². The lowest BCUT2D eigenvalue weighted by Gasteiger charge is -2.38. The van der Waals surface area contributed by atoms with Crippen LogP contribution in [0.2, 0.25) is 0 Å². The van der Waals surface area contributed by atoms with E-state index in [9.17, 15) is 13.2 Å². The van der Waals surface area contributed by atoms with E-state index in [4.69, 9.17) is 0 Å². The third-order valence-corrected chi connectivity index (χ3v) is 8.72. The van der Waals surface area contributed by atoms with E-state index in [0.29, 0.717) is 37.0 Å². The Hall–Kier alpha value is -1.16. The van der Waals surface area contributed by atoms with Crippen LogP contribution in [0.1, 0.15) is 56.3 Å². The number of amides is 1. The van der Waals surface area contributed by atoms with Crippen LogP contribution in [-0.4, -0.2) is 77.3 Å². The van der Waals surface area contributed by atoms with Crippen LogP contribution in [0, 0.1) is 0 Å². The maximum Gasteiger partial charge on any atom is 0.282 e. The SMILES string of the molecule is CC(C)Sc1ncccc1C(=O)N1CCN(S(=O)(=O)N(C)C2CCCCC2)CC1. The van der Waals surface area contributed by atoms with Gasteiger partial charge in [0.15, 0.2) is 0 Å². The maximum absolute atomic E-state index is 13.0. The average molecular weight is 441 g/mol. The number of pyridine rings is 1. The summed E-state index contributed by atoms with van der Waals surface area (Å²) in [5.74, 6) is -0.0704. The van der Waals surface area contributed by atoms with Gasteiger partial charge in [0.25, 0.3) is 16.1 Å². The van der Waals surface area contributed by atoms with Gasteiger partial charge in [0.05, 0.1) is 5.56 Å². The summed E-state index contributed by atoms with van der Waals surface area (Å²) >= 11 is 1.57. The number of aromatic nitrogens is 1. The van der Waals surface area contributed by atoms with Gasteiger partial charge in [-0.15, -0.1) is 11.8 Å². The van der Waals surface area contributed by atoms with Gasteiger partial charge in [-0.1, -0.05) is 33.1 Å². The summed E-state index contributed by atoms with van der Waals surface area (Å²) in [6.45, 7) is 5.60. The summed E-state index contributed by atoms with van der Waals surface area (Å²) in [5.41, 5.74) is 0.599. The van der Waals surface area contributed by atoms with E-state index in [1.165, 1.54) is 10.7 Å². The first kappa shape index (κ1) is 22.5. The second-order valence-electron chi connectivity index (χ2n) is 8.03. The first-order valence-corrected chi connectivity index (χ1v) is 12.7. The minimum atomic E-state index is -3.49. The molecular formula is C20H32N4O3S2. The molecule has 1 amide bonds. The van der Waals surface area contributed by atoms with Gasteiger partial charge in [-0.05, 0) is 25.0 Å².